The lowest BCUT2D eigenvalue weighted by molar-refractivity contribution is -0.141. The molecule has 8 nitrogen and oxygen atoms in total. The molecule has 1 unspecified atom stereocenters. The van der Waals surface area contributed by atoms with Crippen molar-refractivity contribution in [2.45, 2.75) is 84.7 Å². The monoisotopic (exact) mass is 513 g/mol. The van der Waals surface area contributed by atoms with Gasteiger partial charge in [-0.05, 0) is 48.5 Å². The predicted molar refractivity (Wildman–Crippen MR) is 137 cm³/mol. The van der Waals surface area contributed by atoms with E-state index < -0.39 is 25.6 Å². The number of halogens is 1. The molecule has 0 aromatic carbocycles. The minimum absolute atomic E-state index is 0.0525. The fourth-order valence-electron chi connectivity index (χ4n) is 5.44. The third kappa shape index (κ3) is 5.46. The maximum absolute atomic E-state index is 13.0. The largest absolute Gasteiger partial charge is 0.480 e. The van der Waals surface area contributed by atoms with Gasteiger partial charge in [0.25, 0.3) is 11.4 Å². The number of aromatic nitrogens is 2. The van der Waals surface area contributed by atoms with Crippen molar-refractivity contribution in [1.29, 1.82) is 0 Å². The average Bonchev–Trinajstić information content (AvgIpc) is 2.73. The number of aliphatic carboxylic acids is 1. The van der Waals surface area contributed by atoms with E-state index >= 15 is 0 Å². The Hall–Kier alpha value is -1.58. The summed E-state index contributed by atoms with van der Waals surface area (Å²) in [6, 6.07) is -0.0105. The van der Waals surface area contributed by atoms with Crippen LogP contribution in [0.3, 0.4) is 0 Å². The number of hydrogen-bond acceptors (Lipinski definition) is 6. The Morgan fingerprint density at radius 3 is 2.56 bits per heavy atom. The van der Waals surface area contributed by atoms with Gasteiger partial charge in [-0.2, -0.15) is 0 Å². The van der Waals surface area contributed by atoms with Crippen LogP contribution in [0, 0.1) is 23.2 Å². The van der Waals surface area contributed by atoms with Gasteiger partial charge in [0.1, 0.15) is 10.7 Å². The third-order valence-corrected chi connectivity index (χ3v) is 10.0. The molecule has 10 heteroatoms. The molecule has 1 heterocycles. The number of carboxylic acids is 1. The number of fused-ring (bicyclic) bond motifs is 2. The molecular weight excluding hydrogens is 474 g/mol. The van der Waals surface area contributed by atoms with Gasteiger partial charge in [0.05, 0.1) is 0 Å². The highest BCUT2D eigenvalue weighted by Crippen LogP contribution is 2.61. The molecule has 2 bridgehead atoms. The summed E-state index contributed by atoms with van der Waals surface area (Å²) in [6.07, 6.45) is 2.39. The molecule has 3 saturated carbocycles. The van der Waals surface area contributed by atoms with Crippen LogP contribution in [0.2, 0.25) is 30.7 Å². The Kier molecular flexibility index (Phi) is 8.09. The van der Waals surface area contributed by atoms with Crippen molar-refractivity contribution in [2.75, 3.05) is 18.7 Å². The van der Waals surface area contributed by atoms with E-state index in [0.717, 1.165) is 17.1 Å². The van der Waals surface area contributed by atoms with E-state index in [2.05, 4.69) is 50.8 Å². The number of nitrogens with one attached hydrogen (secondary N) is 1. The second-order valence-electron chi connectivity index (χ2n) is 11.7. The third-order valence-electron chi connectivity index (χ3n) is 7.95. The number of ether oxygens (including phenoxy) is 2. The maximum Gasteiger partial charge on any atom is 0.328 e. The Morgan fingerprint density at radius 1 is 1.35 bits per heavy atom. The number of carboxylic acid groups (broad SMARTS) is 1. The van der Waals surface area contributed by atoms with Crippen molar-refractivity contribution in [1.82, 2.24) is 9.78 Å². The highest BCUT2D eigenvalue weighted by Gasteiger charge is 2.56. The van der Waals surface area contributed by atoms with E-state index in [1.54, 1.807) is 6.92 Å². The second kappa shape index (κ2) is 10.2. The summed E-state index contributed by atoms with van der Waals surface area (Å²) in [5.74, 6) is 0.560. The predicted octanol–water partition coefficient (Wildman–Crippen LogP) is 5.11. The molecule has 4 rings (SSSR count). The van der Waals surface area contributed by atoms with Crippen LogP contribution in [0.25, 0.3) is 0 Å². The highest BCUT2D eigenvalue weighted by atomic mass is 35.5. The summed E-state index contributed by atoms with van der Waals surface area (Å²) >= 11 is 6.54. The summed E-state index contributed by atoms with van der Waals surface area (Å²) in [6.45, 7) is 15.9. The maximum atomic E-state index is 13.0. The van der Waals surface area contributed by atoms with Crippen molar-refractivity contribution in [3.8, 4) is 5.88 Å². The molecule has 2 N–H and O–H groups in total. The SMILES string of the molecule is CCC(C(=O)O)n1nc(OCOCC[Si](C)(C)C)c(N[C@@H]2C[C@@H]3C[C@H]([C@H]2C)C3(C)C)c(Cl)c1=O. The van der Waals surface area contributed by atoms with Gasteiger partial charge in [-0.15, -0.1) is 5.10 Å². The molecule has 0 aliphatic heterocycles. The molecule has 3 fully saturated rings. The van der Waals surface area contributed by atoms with Gasteiger partial charge in [-0.1, -0.05) is 58.9 Å². The van der Waals surface area contributed by atoms with E-state index in [1.807, 2.05) is 0 Å². The number of nitrogens with zero attached hydrogens (tertiary/aromatic N) is 2. The van der Waals surface area contributed by atoms with Gasteiger partial charge in [0.2, 0.25) is 0 Å². The van der Waals surface area contributed by atoms with Crippen LogP contribution >= 0.6 is 11.6 Å². The lowest BCUT2D eigenvalue weighted by Crippen LogP contribution is -2.58. The van der Waals surface area contributed by atoms with E-state index in [9.17, 15) is 14.7 Å². The van der Waals surface area contributed by atoms with Crippen molar-refractivity contribution >= 4 is 31.3 Å². The van der Waals surface area contributed by atoms with Crippen molar-refractivity contribution in [3.05, 3.63) is 15.4 Å². The summed E-state index contributed by atoms with van der Waals surface area (Å²) in [5, 5.41) is 17.2. The normalized spacial score (nSPS) is 26.5. The number of anilines is 1. The lowest BCUT2D eigenvalue weighted by Gasteiger charge is -2.62. The summed E-state index contributed by atoms with van der Waals surface area (Å²) in [7, 11) is -1.25. The van der Waals surface area contributed by atoms with Gasteiger partial charge in [-0.25, -0.2) is 9.48 Å². The topological polar surface area (TPSA) is 103 Å². The molecule has 3 aliphatic rings. The van der Waals surface area contributed by atoms with Crippen molar-refractivity contribution in [3.63, 3.8) is 0 Å². The first-order valence-corrected chi connectivity index (χ1v) is 16.4. The van der Waals surface area contributed by atoms with Crippen LogP contribution in [-0.4, -0.2) is 48.4 Å². The summed E-state index contributed by atoms with van der Waals surface area (Å²) in [4.78, 5) is 24.7. The van der Waals surface area contributed by atoms with Gasteiger partial charge in [0, 0.05) is 20.7 Å². The van der Waals surface area contributed by atoms with Gasteiger partial charge in [0.15, 0.2) is 12.8 Å². The summed E-state index contributed by atoms with van der Waals surface area (Å²) in [5.41, 5.74) is 0.00914. The second-order valence-corrected chi connectivity index (χ2v) is 17.7. The lowest BCUT2D eigenvalue weighted by atomic mass is 9.45. The van der Waals surface area contributed by atoms with Crippen LogP contribution in [0.15, 0.2) is 4.79 Å². The number of carbonyl (C=O) groups is 1. The van der Waals surface area contributed by atoms with E-state index in [4.69, 9.17) is 21.1 Å². The van der Waals surface area contributed by atoms with E-state index in [1.165, 1.54) is 6.42 Å². The molecule has 1 aromatic rings. The zero-order valence-electron chi connectivity index (χ0n) is 21.5. The first-order valence-electron chi connectivity index (χ1n) is 12.3. The molecule has 0 amide bonds. The van der Waals surface area contributed by atoms with Gasteiger partial charge in [-0.3, -0.25) is 4.79 Å². The molecule has 0 spiro atoms. The Morgan fingerprint density at radius 2 is 2.03 bits per heavy atom. The van der Waals surface area contributed by atoms with E-state index in [-0.39, 0.29) is 30.2 Å². The molecule has 34 heavy (non-hydrogen) atoms. The Balaban J connectivity index is 1.86. The van der Waals surface area contributed by atoms with Crippen LogP contribution in [0.5, 0.6) is 5.88 Å². The Bertz CT molecular complexity index is 961. The molecule has 1 aromatic heterocycles. The highest BCUT2D eigenvalue weighted by molar-refractivity contribution is 6.76. The quantitative estimate of drug-likeness (QED) is 0.241. The fourth-order valence-corrected chi connectivity index (χ4v) is 6.42. The zero-order valence-corrected chi connectivity index (χ0v) is 23.2. The zero-order chi connectivity index (χ0) is 25.4. The molecular formula is C24H40ClN3O5Si. The molecule has 5 atom stereocenters. The van der Waals surface area contributed by atoms with Gasteiger partial charge < -0.3 is 19.9 Å². The van der Waals surface area contributed by atoms with Crippen molar-refractivity contribution < 1.29 is 19.4 Å². The molecule has 0 radical (unpaired) electrons. The van der Waals surface area contributed by atoms with Crippen LogP contribution in [0.4, 0.5) is 5.69 Å². The fraction of sp³-hybridized carbons (Fsp3) is 0.792. The first-order chi connectivity index (χ1) is 15.8. The van der Waals surface area contributed by atoms with Crippen LogP contribution in [0.1, 0.15) is 53.0 Å². The van der Waals surface area contributed by atoms with Crippen LogP contribution in [-0.2, 0) is 9.53 Å². The standard InChI is InChI=1S/C24H40ClN3O5Si/c1-8-18(23(30)31)28-22(29)19(25)20(21(27-28)33-13-32-9-10-34(5,6)7)26-17-12-15-11-16(14(17)2)24(15,3)4/h14-18,26H,8-13H2,1-7H3,(H,30,31)/t14-,15+,16-,17-,18?/m1/s1. The van der Waals surface area contributed by atoms with Gasteiger partial charge >= 0.3 is 5.97 Å². The smallest absolute Gasteiger partial charge is 0.328 e. The number of hydrogen-bond donors (Lipinski definition) is 2. The first kappa shape index (κ1) is 27.0. The minimum Gasteiger partial charge on any atom is -0.480 e. The molecule has 0 saturated heterocycles. The minimum atomic E-state index is -1.25. The summed E-state index contributed by atoms with van der Waals surface area (Å²) < 4.78 is 12.4. The van der Waals surface area contributed by atoms with Crippen molar-refractivity contribution in [2.24, 2.45) is 23.2 Å². The molecule has 3 aliphatic carbocycles. The number of rotatable bonds is 11. The Labute approximate surface area is 208 Å². The average molecular weight is 514 g/mol. The molecule has 192 valence electrons. The van der Waals surface area contributed by atoms with Crippen LogP contribution < -0.4 is 15.6 Å². The van der Waals surface area contributed by atoms with E-state index in [0.29, 0.717) is 35.5 Å².